The molecule has 0 spiro atoms. The van der Waals surface area contributed by atoms with Crippen LogP contribution in [0.4, 0.5) is 5.13 Å². The number of thiazole rings is 1. The minimum atomic E-state index is -3.49. The molecule has 0 saturated carbocycles. The highest BCUT2D eigenvalue weighted by Crippen LogP contribution is 2.31. The van der Waals surface area contributed by atoms with Crippen LogP contribution >= 0.6 is 11.3 Å². The Morgan fingerprint density at radius 2 is 1.59 bits per heavy atom. The fourth-order valence-corrected chi connectivity index (χ4v) is 6.24. The van der Waals surface area contributed by atoms with Gasteiger partial charge in [0.1, 0.15) is 0 Å². The van der Waals surface area contributed by atoms with E-state index >= 15 is 0 Å². The van der Waals surface area contributed by atoms with E-state index in [0.717, 1.165) is 22.0 Å². The smallest absolute Gasteiger partial charge is 0.243 e. The minimum absolute atomic E-state index is 0.00251. The third kappa shape index (κ3) is 4.60. The van der Waals surface area contributed by atoms with E-state index in [1.807, 2.05) is 12.1 Å². The summed E-state index contributed by atoms with van der Waals surface area (Å²) in [6, 6.07) is 13.7. The molecule has 1 fully saturated rings. The molecule has 5 nitrogen and oxygen atoms in total. The predicted molar refractivity (Wildman–Crippen MR) is 133 cm³/mol. The molecule has 3 aromatic rings. The van der Waals surface area contributed by atoms with Crippen LogP contribution in [0.25, 0.3) is 11.3 Å². The van der Waals surface area contributed by atoms with Crippen molar-refractivity contribution in [3.8, 4) is 11.3 Å². The Labute approximate surface area is 195 Å². The molecule has 2 aromatic carbocycles. The van der Waals surface area contributed by atoms with Gasteiger partial charge in [-0.2, -0.15) is 4.31 Å². The fourth-order valence-electron chi connectivity index (χ4n) is 3.94. The number of sulfonamides is 1. The Kier molecular flexibility index (Phi) is 6.18. The lowest BCUT2D eigenvalue weighted by atomic mass is 9.87. The van der Waals surface area contributed by atoms with E-state index in [0.29, 0.717) is 31.1 Å². The molecule has 4 rings (SSSR count). The van der Waals surface area contributed by atoms with Crippen LogP contribution in [-0.2, 0) is 15.4 Å². The van der Waals surface area contributed by atoms with Crippen molar-refractivity contribution >= 4 is 26.5 Å². The monoisotopic (exact) mass is 469 g/mol. The molecule has 1 saturated heterocycles. The quantitative estimate of drug-likeness (QED) is 0.525. The molecule has 1 aliphatic heterocycles. The van der Waals surface area contributed by atoms with Gasteiger partial charge in [0.25, 0.3) is 0 Å². The first-order valence-corrected chi connectivity index (χ1v) is 13.3. The first kappa shape index (κ1) is 23.0. The van der Waals surface area contributed by atoms with E-state index in [1.54, 1.807) is 27.8 Å². The van der Waals surface area contributed by atoms with Gasteiger partial charge in [-0.05, 0) is 48.6 Å². The molecule has 1 aromatic heterocycles. The van der Waals surface area contributed by atoms with Gasteiger partial charge in [-0.25, -0.2) is 13.4 Å². The third-order valence-corrected chi connectivity index (χ3v) is 8.84. The van der Waals surface area contributed by atoms with Gasteiger partial charge in [0.15, 0.2) is 5.13 Å². The zero-order valence-electron chi connectivity index (χ0n) is 19.4. The minimum Gasteiger partial charge on any atom is -0.345 e. The summed E-state index contributed by atoms with van der Waals surface area (Å²) in [5, 5.41) is 3.05. The molecular formula is C25H31N3O2S2. The van der Waals surface area contributed by atoms with Gasteiger partial charge in [-0.3, -0.25) is 0 Å². The number of piperazine rings is 1. The van der Waals surface area contributed by atoms with Crippen LogP contribution in [-0.4, -0.2) is 43.9 Å². The van der Waals surface area contributed by atoms with Gasteiger partial charge in [0.2, 0.25) is 10.0 Å². The Morgan fingerprint density at radius 3 is 2.22 bits per heavy atom. The Morgan fingerprint density at radius 1 is 0.938 bits per heavy atom. The molecule has 7 heteroatoms. The van der Waals surface area contributed by atoms with Crippen LogP contribution in [0.1, 0.15) is 37.5 Å². The molecule has 1 aliphatic rings. The van der Waals surface area contributed by atoms with Crippen LogP contribution in [0.2, 0.25) is 0 Å². The summed E-state index contributed by atoms with van der Waals surface area (Å²) in [5.74, 6) is 0. The van der Waals surface area contributed by atoms with Gasteiger partial charge >= 0.3 is 0 Å². The van der Waals surface area contributed by atoms with E-state index in [9.17, 15) is 8.42 Å². The number of hydrogen-bond donors (Lipinski definition) is 0. The molecule has 0 unspecified atom stereocenters. The maximum absolute atomic E-state index is 13.1. The fraction of sp³-hybridized carbons (Fsp3) is 0.400. The number of nitrogens with zero attached hydrogens (tertiary/aromatic N) is 3. The van der Waals surface area contributed by atoms with Crippen LogP contribution in [0.15, 0.2) is 52.7 Å². The maximum atomic E-state index is 13.1. The maximum Gasteiger partial charge on any atom is 0.243 e. The lowest BCUT2D eigenvalue weighted by Crippen LogP contribution is -2.48. The highest BCUT2D eigenvalue weighted by atomic mass is 32.2. The van der Waals surface area contributed by atoms with Gasteiger partial charge < -0.3 is 4.90 Å². The van der Waals surface area contributed by atoms with Crippen LogP contribution in [0.5, 0.6) is 0 Å². The zero-order chi connectivity index (χ0) is 23.1. The average molecular weight is 470 g/mol. The Hall–Kier alpha value is -2.22. The summed E-state index contributed by atoms with van der Waals surface area (Å²) in [7, 11) is -3.49. The van der Waals surface area contributed by atoms with E-state index in [-0.39, 0.29) is 5.41 Å². The number of aryl methyl sites for hydroxylation is 2. The Bertz CT molecular complexity index is 1200. The van der Waals surface area contributed by atoms with Crippen molar-refractivity contribution in [2.24, 2.45) is 0 Å². The average Bonchev–Trinajstić information content (AvgIpc) is 3.25. The van der Waals surface area contributed by atoms with Crippen molar-refractivity contribution in [3.05, 3.63) is 64.5 Å². The van der Waals surface area contributed by atoms with E-state index in [1.165, 1.54) is 11.1 Å². The molecule has 2 heterocycles. The van der Waals surface area contributed by atoms with Crippen LogP contribution in [0, 0.1) is 13.8 Å². The summed E-state index contributed by atoms with van der Waals surface area (Å²) in [6.07, 6.45) is 0. The molecule has 170 valence electrons. The predicted octanol–water partition coefficient (Wildman–Crippen LogP) is 5.24. The SMILES string of the molecule is Cc1ccc(C)c(-c2csc(N3CCN(S(=O)(=O)c4ccc(C(C)(C)C)cc4)CC3)n2)c1. The highest BCUT2D eigenvalue weighted by Gasteiger charge is 2.29. The van der Waals surface area contributed by atoms with Crippen molar-refractivity contribution < 1.29 is 8.42 Å². The van der Waals surface area contributed by atoms with Gasteiger partial charge in [-0.15, -0.1) is 11.3 Å². The van der Waals surface area contributed by atoms with Gasteiger partial charge in [0, 0.05) is 37.1 Å². The van der Waals surface area contributed by atoms with Crippen LogP contribution < -0.4 is 4.90 Å². The van der Waals surface area contributed by atoms with E-state index in [4.69, 9.17) is 4.98 Å². The second kappa shape index (κ2) is 8.61. The normalized spacial score (nSPS) is 15.8. The summed E-state index contributed by atoms with van der Waals surface area (Å²) < 4.78 is 27.9. The third-order valence-electron chi connectivity index (χ3n) is 6.03. The summed E-state index contributed by atoms with van der Waals surface area (Å²) in [5.41, 5.74) is 5.70. The van der Waals surface area contributed by atoms with Crippen molar-refractivity contribution in [2.75, 3.05) is 31.1 Å². The van der Waals surface area contributed by atoms with Crippen molar-refractivity contribution in [1.82, 2.24) is 9.29 Å². The molecule has 0 N–H and O–H groups in total. The van der Waals surface area contributed by atoms with Gasteiger partial charge in [-0.1, -0.05) is 50.6 Å². The second-order valence-corrected chi connectivity index (χ2v) is 12.3. The second-order valence-electron chi connectivity index (χ2n) is 9.50. The number of aromatic nitrogens is 1. The number of hydrogen-bond acceptors (Lipinski definition) is 5. The van der Waals surface area contributed by atoms with Gasteiger partial charge in [0.05, 0.1) is 10.6 Å². The Balaban J connectivity index is 1.45. The lowest BCUT2D eigenvalue weighted by Gasteiger charge is -2.33. The first-order valence-electron chi connectivity index (χ1n) is 10.9. The number of anilines is 1. The van der Waals surface area contributed by atoms with E-state index < -0.39 is 10.0 Å². The molecule has 0 radical (unpaired) electrons. The molecule has 32 heavy (non-hydrogen) atoms. The van der Waals surface area contributed by atoms with Crippen LogP contribution in [0.3, 0.4) is 0 Å². The molecular weight excluding hydrogens is 438 g/mol. The number of rotatable bonds is 4. The standard InChI is InChI=1S/C25H31N3O2S2/c1-18-6-7-19(2)22(16-18)23-17-31-24(26-23)27-12-14-28(15-13-27)32(29,30)21-10-8-20(9-11-21)25(3,4)5/h6-11,16-17H,12-15H2,1-5H3. The highest BCUT2D eigenvalue weighted by molar-refractivity contribution is 7.89. The van der Waals surface area contributed by atoms with Crippen molar-refractivity contribution in [3.63, 3.8) is 0 Å². The van der Waals surface area contributed by atoms with Crippen molar-refractivity contribution in [1.29, 1.82) is 0 Å². The van der Waals surface area contributed by atoms with E-state index in [2.05, 4.69) is 63.1 Å². The largest absolute Gasteiger partial charge is 0.345 e. The zero-order valence-corrected chi connectivity index (χ0v) is 21.1. The molecule has 0 aliphatic carbocycles. The lowest BCUT2D eigenvalue weighted by molar-refractivity contribution is 0.384. The van der Waals surface area contributed by atoms with Crippen molar-refractivity contribution in [2.45, 2.75) is 44.9 Å². The summed E-state index contributed by atoms with van der Waals surface area (Å²) >= 11 is 1.62. The topological polar surface area (TPSA) is 53.5 Å². The summed E-state index contributed by atoms with van der Waals surface area (Å²) in [4.78, 5) is 7.42. The summed E-state index contributed by atoms with van der Waals surface area (Å²) in [6.45, 7) is 12.8. The molecule has 0 amide bonds. The first-order chi connectivity index (χ1) is 15.1. The molecule has 0 atom stereocenters. The molecule has 0 bridgehead atoms. The number of benzene rings is 2.